The first-order valence-electron chi connectivity index (χ1n) is 6.84. The quantitative estimate of drug-likeness (QED) is 0.356. The number of rotatable bonds is 1. The summed E-state index contributed by atoms with van der Waals surface area (Å²) in [5, 5.41) is 2.03. The molecule has 0 saturated heterocycles. The van der Waals surface area contributed by atoms with Gasteiger partial charge in [-0.05, 0) is 47.5 Å². The molecular formula is C19H10BrNO. The Labute approximate surface area is 135 Å². The molecule has 4 aromatic rings. The molecule has 0 atom stereocenters. The Hall–Kier alpha value is -2.57. The van der Waals surface area contributed by atoms with E-state index < -0.39 is 0 Å². The number of nitrogens with zero attached hydrogens (tertiary/aromatic N) is 1. The highest BCUT2D eigenvalue weighted by molar-refractivity contribution is 9.10. The Morgan fingerprint density at radius 3 is 2.32 bits per heavy atom. The lowest BCUT2D eigenvalue weighted by molar-refractivity contribution is 0.669. The summed E-state index contributed by atoms with van der Waals surface area (Å²) in [5.74, 6) is 0. The predicted molar refractivity (Wildman–Crippen MR) is 93.1 cm³/mol. The van der Waals surface area contributed by atoms with Gasteiger partial charge in [-0.1, -0.05) is 40.2 Å². The van der Waals surface area contributed by atoms with Crippen molar-refractivity contribution in [3.63, 3.8) is 0 Å². The lowest BCUT2D eigenvalue weighted by Gasteiger charge is -2.02. The average Bonchev–Trinajstić information content (AvgIpc) is 2.91. The molecule has 0 spiro atoms. The number of halogens is 1. The van der Waals surface area contributed by atoms with Crippen LogP contribution in [-0.4, -0.2) is 0 Å². The zero-order valence-corrected chi connectivity index (χ0v) is 13.1. The van der Waals surface area contributed by atoms with Crippen LogP contribution in [0, 0.1) is 6.57 Å². The maximum Gasteiger partial charge on any atom is 0.188 e. The van der Waals surface area contributed by atoms with Crippen molar-refractivity contribution in [3.8, 4) is 11.1 Å². The van der Waals surface area contributed by atoms with E-state index in [4.69, 9.17) is 11.0 Å². The Balaban J connectivity index is 2.00. The molecule has 3 aromatic carbocycles. The molecule has 104 valence electrons. The topological polar surface area (TPSA) is 17.5 Å². The zero-order chi connectivity index (χ0) is 15.1. The standard InChI is InChI=1S/C19H10BrNO/c1-21-15-6-8-19-17(11-15)16-10-13(5-7-18(16)22-19)12-3-2-4-14(20)9-12/h2-11H. The van der Waals surface area contributed by atoms with E-state index in [9.17, 15) is 0 Å². The van der Waals surface area contributed by atoms with E-state index in [1.54, 1.807) is 6.07 Å². The molecule has 0 amide bonds. The van der Waals surface area contributed by atoms with Gasteiger partial charge in [0.1, 0.15) is 11.2 Å². The van der Waals surface area contributed by atoms with Gasteiger partial charge < -0.3 is 4.42 Å². The van der Waals surface area contributed by atoms with Crippen LogP contribution >= 0.6 is 15.9 Å². The van der Waals surface area contributed by atoms with Crippen LogP contribution < -0.4 is 0 Å². The number of hydrogen-bond donors (Lipinski definition) is 0. The smallest absolute Gasteiger partial charge is 0.188 e. The zero-order valence-electron chi connectivity index (χ0n) is 11.5. The first-order valence-corrected chi connectivity index (χ1v) is 7.63. The van der Waals surface area contributed by atoms with Gasteiger partial charge in [-0.25, -0.2) is 4.85 Å². The van der Waals surface area contributed by atoms with Crippen molar-refractivity contribution < 1.29 is 4.42 Å². The average molecular weight is 348 g/mol. The summed E-state index contributed by atoms with van der Waals surface area (Å²) in [7, 11) is 0. The van der Waals surface area contributed by atoms with Gasteiger partial charge in [0.2, 0.25) is 0 Å². The summed E-state index contributed by atoms with van der Waals surface area (Å²) in [4.78, 5) is 3.50. The van der Waals surface area contributed by atoms with Crippen molar-refractivity contribution >= 4 is 43.6 Å². The molecule has 0 radical (unpaired) electrons. The minimum atomic E-state index is 0.628. The number of fused-ring (bicyclic) bond motifs is 3. The molecule has 22 heavy (non-hydrogen) atoms. The third-order valence-corrected chi connectivity index (χ3v) is 4.23. The maximum atomic E-state index is 7.17. The van der Waals surface area contributed by atoms with Crippen LogP contribution in [0.1, 0.15) is 0 Å². The van der Waals surface area contributed by atoms with E-state index in [0.717, 1.165) is 37.5 Å². The monoisotopic (exact) mass is 347 g/mol. The Morgan fingerprint density at radius 1 is 0.818 bits per heavy atom. The van der Waals surface area contributed by atoms with Crippen molar-refractivity contribution in [2.45, 2.75) is 0 Å². The molecule has 0 fully saturated rings. The van der Waals surface area contributed by atoms with E-state index in [2.05, 4.69) is 45.0 Å². The number of benzene rings is 3. The summed E-state index contributed by atoms with van der Waals surface area (Å²) in [5.41, 5.74) is 4.56. The Morgan fingerprint density at radius 2 is 1.55 bits per heavy atom. The van der Waals surface area contributed by atoms with Crippen molar-refractivity contribution in [1.82, 2.24) is 0 Å². The fourth-order valence-corrected chi connectivity index (χ4v) is 3.08. The molecule has 4 rings (SSSR count). The molecule has 2 nitrogen and oxygen atoms in total. The van der Waals surface area contributed by atoms with Crippen LogP contribution in [0.25, 0.3) is 37.9 Å². The SMILES string of the molecule is [C-]#[N+]c1ccc2oc3ccc(-c4cccc(Br)c4)cc3c2c1. The van der Waals surface area contributed by atoms with E-state index in [-0.39, 0.29) is 0 Å². The summed E-state index contributed by atoms with van der Waals surface area (Å²) in [6.45, 7) is 7.17. The molecular weight excluding hydrogens is 338 g/mol. The molecule has 1 aromatic heterocycles. The van der Waals surface area contributed by atoms with Crippen molar-refractivity contribution in [2.75, 3.05) is 0 Å². The third kappa shape index (κ3) is 2.09. The first-order chi connectivity index (χ1) is 10.7. The number of furan rings is 1. The predicted octanol–water partition coefficient (Wildman–Crippen LogP) is 6.57. The highest BCUT2D eigenvalue weighted by atomic mass is 79.9. The molecule has 0 saturated carbocycles. The van der Waals surface area contributed by atoms with Gasteiger partial charge >= 0.3 is 0 Å². The molecule has 0 unspecified atom stereocenters. The van der Waals surface area contributed by atoms with E-state index in [0.29, 0.717) is 5.69 Å². The van der Waals surface area contributed by atoms with Gasteiger partial charge in [0.15, 0.2) is 5.69 Å². The van der Waals surface area contributed by atoms with Crippen molar-refractivity contribution in [1.29, 1.82) is 0 Å². The lowest BCUT2D eigenvalue weighted by Crippen LogP contribution is -1.77. The third-order valence-electron chi connectivity index (χ3n) is 3.74. The summed E-state index contributed by atoms with van der Waals surface area (Å²) in [6, 6.07) is 19.9. The van der Waals surface area contributed by atoms with Crippen LogP contribution in [0.4, 0.5) is 5.69 Å². The second-order valence-electron chi connectivity index (χ2n) is 5.12. The van der Waals surface area contributed by atoms with Gasteiger partial charge in [0.05, 0.1) is 6.57 Å². The minimum Gasteiger partial charge on any atom is -0.456 e. The minimum absolute atomic E-state index is 0.628. The highest BCUT2D eigenvalue weighted by Gasteiger charge is 2.09. The second-order valence-corrected chi connectivity index (χ2v) is 6.03. The highest BCUT2D eigenvalue weighted by Crippen LogP contribution is 2.34. The largest absolute Gasteiger partial charge is 0.456 e. The van der Waals surface area contributed by atoms with Crippen molar-refractivity contribution in [3.05, 3.63) is 76.6 Å². The molecule has 0 aliphatic carbocycles. The van der Waals surface area contributed by atoms with Crippen LogP contribution in [-0.2, 0) is 0 Å². The van der Waals surface area contributed by atoms with Crippen LogP contribution in [0.15, 0.2) is 69.6 Å². The van der Waals surface area contributed by atoms with Crippen molar-refractivity contribution in [2.24, 2.45) is 0 Å². The van der Waals surface area contributed by atoms with Gasteiger partial charge in [0, 0.05) is 15.2 Å². The van der Waals surface area contributed by atoms with Crippen LogP contribution in [0.3, 0.4) is 0 Å². The van der Waals surface area contributed by atoms with E-state index in [1.807, 2.05) is 30.3 Å². The van der Waals surface area contributed by atoms with E-state index in [1.165, 1.54) is 0 Å². The first kappa shape index (κ1) is 13.1. The molecule has 0 bridgehead atoms. The summed E-state index contributed by atoms with van der Waals surface area (Å²) >= 11 is 3.51. The van der Waals surface area contributed by atoms with Crippen LogP contribution in [0.2, 0.25) is 0 Å². The summed E-state index contributed by atoms with van der Waals surface area (Å²) < 4.78 is 6.91. The van der Waals surface area contributed by atoms with Gasteiger partial charge in [-0.15, -0.1) is 0 Å². The Kier molecular flexibility index (Phi) is 2.99. The summed E-state index contributed by atoms with van der Waals surface area (Å²) in [6.07, 6.45) is 0. The van der Waals surface area contributed by atoms with E-state index >= 15 is 0 Å². The number of hydrogen-bond acceptors (Lipinski definition) is 1. The molecule has 3 heteroatoms. The van der Waals surface area contributed by atoms with Gasteiger partial charge in [-0.2, -0.15) is 0 Å². The van der Waals surface area contributed by atoms with Gasteiger partial charge in [0.25, 0.3) is 0 Å². The Bertz CT molecular complexity index is 1060. The molecule has 0 aliphatic heterocycles. The molecule has 1 heterocycles. The fourth-order valence-electron chi connectivity index (χ4n) is 2.68. The fraction of sp³-hybridized carbons (Fsp3) is 0. The normalized spacial score (nSPS) is 10.9. The maximum absolute atomic E-state index is 7.17. The molecule has 0 aliphatic rings. The molecule has 0 N–H and O–H groups in total. The second kappa shape index (κ2) is 5.01. The van der Waals surface area contributed by atoms with Crippen LogP contribution in [0.5, 0.6) is 0 Å². The lowest BCUT2D eigenvalue weighted by atomic mass is 10.0. The van der Waals surface area contributed by atoms with Gasteiger partial charge in [-0.3, -0.25) is 0 Å².